The van der Waals surface area contributed by atoms with Crippen molar-refractivity contribution in [1.82, 2.24) is 19.9 Å². The third-order valence-corrected chi connectivity index (χ3v) is 4.05. The molecule has 0 aliphatic carbocycles. The lowest BCUT2D eigenvalue weighted by molar-refractivity contribution is 0.0813. The monoisotopic (exact) mass is 338 g/mol. The second kappa shape index (κ2) is 6.43. The zero-order valence-electron chi connectivity index (χ0n) is 13.8. The summed E-state index contributed by atoms with van der Waals surface area (Å²) in [4.78, 5) is 16.6. The van der Waals surface area contributed by atoms with Crippen molar-refractivity contribution >= 4 is 11.6 Å². The van der Waals surface area contributed by atoms with E-state index < -0.39 is 0 Å². The minimum atomic E-state index is -0.191. The highest BCUT2D eigenvalue weighted by molar-refractivity contribution is 5.99. The van der Waals surface area contributed by atoms with Gasteiger partial charge in [-0.3, -0.25) is 4.79 Å². The molecule has 1 atom stereocenters. The average Bonchev–Trinajstić information content (AvgIpc) is 3.04. The van der Waals surface area contributed by atoms with Gasteiger partial charge in [-0.2, -0.15) is 5.10 Å². The topological polar surface area (TPSA) is 77.8 Å². The van der Waals surface area contributed by atoms with E-state index in [1.54, 1.807) is 10.7 Å². The van der Waals surface area contributed by atoms with E-state index >= 15 is 0 Å². The Morgan fingerprint density at radius 3 is 3.04 bits per heavy atom. The Morgan fingerprint density at radius 2 is 2.16 bits per heavy atom. The number of ether oxygens (including phenoxy) is 2. The van der Waals surface area contributed by atoms with E-state index in [-0.39, 0.29) is 12.0 Å². The summed E-state index contributed by atoms with van der Waals surface area (Å²) in [6.07, 6.45) is 5.67. The Balaban J connectivity index is 1.35. The van der Waals surface area contributed by atoms with E-state index in [1.165, 1.54) is 6.20 Å². The maximum absolute atomic E-state index is 12.4. The molecule has 0 saturated carbocycles. The van der Waals surface area contributed by atoms with Crippen LogP contribution in [0.2, 0.25) is 0 Å². The Morgan fingerprint density at radius 1 is 1.32 bits per heavy atom. The Kier molecular flexibility index (Phi) is 3.97. The summed E-state index contributed by atoms with van der Waals surface area (Å²) in [6, 6.07) is 7.58. The molecule has 1 aliphatic rings. The molecule has 25 heavy (non-hydrogen) atoms. The van der Waals surface area contributed by atoms with Crippen LogP contribution in [-0.4, -0.2) is 39.8 Å². The molecule has 1 aromatic carbocycles. The van der Waals surface area contributed by atoms with Crippen LogP contribution in [0.15, 0.2) is 42.9 Å². The van der Waals surface area contributed by atoms with Gasteiger partial charge in [0.1, 0.15) is 18.3 Å². The molecule has 0 unspecified atom stereocenters. The number of fused-ring (bicyclic) bond motifs is 2. The summed E-state index contributed by atoms with van der Waals surface area (Å²) >= 11 is 0. The summed E-state index contributed by atoms with van der Waals surface area (Å²) in [5.74, 6) is 1.31. The first-order valence-corrected chi connectivity index (χ1v) is 8.17. The Labute approximate surface area is 144 Å². The van der Waals surface area contributed by atoms with Gasteiger partial charge in [-0.1, -0.05) is 12.1 Å². The predicted octanol–water partition coefficient (Wildman–Crippen LogP) is 2.00. The Bertz CT molecular complexity index is 922. The van der Waals surface area contributed by atoms with Crippen molar-refractivity contribution in [1.29, 1.82) is 0 Å². The van der Waals surface area contributed by atoms with Crippen molar-refractivity contribution in [3.63, 3.8) is 0 Å². The molecule has 7 heteroatoms. The number of nitrogens with one attached hydrogen (secondary N) is 1. The number of nitrogens with zero attached hydrogens (tertiary/aromatic N) is 3. The quantitative estimate of drug-likeness (QED) is 0.787. The van der Waals surface area contributed by atoms with Crippen LogP contribution in [0.1, 0.15) is 22.3 Å². The van der Waals surface area contributed by atoms with Crippen molar-refractivity contribution in [3.8, 4) is 11.5 Å². The number of aromatic nitrogens is 3. The molecular weight excluding hydrogens is 320 g/mol. The maximum atomic E-state index is 12.4. The summed E-state index contributed by atoms with van der Waals surface area (Å²) in [7, 11) is 0. The van der Waals surface area contributed by atoms with Crippen LogP contribution in [0.5, 0.6) is 11.5 Å². The standard InChI is InChI=1S/C18H18N4O3/c1-12-8-20-17-14(9-21-22(17)10-12)18(23)19-7-6-13-11-24-15-4-2-3-5-16(15)25-13/h2-5,8-10,13H,6-7,11H2,1H3,(H,19,23)/t13-/m0/s1. The summed E-state index contributed by atoms with van der Waals surface area (Å²) < 4.78 is 13.2. The predicted molar refractivity (Wildman–Crippen MR) is 91.0 cm³/mol. The van der Waals surface area contributed by atoms with E-state index in [2.05, 4.69) is 15.4 Å². The molecule has 1 amide bonds. The van der Waals surface area contributed by atoms with Gasteiger partial charge in [0, 0.05) is 25.4 Å². The number of hydrogen-bond donors (Lipinski definition) is 1. The molecule has 3 heterocycles. The van der Waals surface area contributed by atoms with Gasteiger partial charge in [-0.05, 0) is 24.6 Å². The lowest BCUT2D eigenvalue weighted by Gasteiger charge is -2.26. The third kappa shape index (κ3) is 3.13. The number of rotatable bonds is 4. The third-order valence-electron chi connectivity index (χ3n) is 4.05. The fourth-order valence-corrected chi connectivity index (χ4v) is 2.78. The van der Waals surface area contributed by atoms with Crippen LogP contribution in [0, 0.1) is 6.92 Å². The number of hydrogen-bond acceptors (Lipinski definition) is 5. The van der Waals surface area contributed by atoms with Crippen molar-refractivity contribution in [2.24, 2.45) is 0 Å². The molecule has 2 aromatic heterocycles. The van der Waals surface area contributed by atoms with Crippen molar-refractivity contribution in [2.75, 3.05) is 13.2 Å². The average molecular weight is 338 g/mol. The summed E-state index contributed by atoms with van der Waals surface area (Å²) in [6.45, 7) is 2.89. The van der Waals surface area contributed by atoms with Gasteiger partial charge >= 0.3 is 0 Å². The molecule has 3 aromatic rings. The van der Waals surface area contributed by atoms with Gasteiger partial charge in [0.2, 0.25) is 0 Å². The molecule has 0 fully saturated rings. The van der Waals surface area contributed by atoms with Crippen molar-refractivity contribution in [2.45, 2.75) is 19.4 Å². The fraction of sp³-hybridized carbons (Fsp3) is 0.278. The second-order valence-corrected chi connectivity index (χ2v) is 6.00. The minimum Gasteiger partial charge on any atom is -0.486 e. The Hall–Kier alpha value is -3.09. The summed E-state index contributed by atoms with van der Waals surface area (Å²) in [5.41, 5.74) is 2.00. The molecule has 128 valence electrons. The van der Waals surface area contributed by atoms with Gasteiger partial charge in [0.15, 0.2) is 17.1 Å². The van der Waals surface area contributed by atoms with Gasteiger partial charge in [-0.15, -0.1) is 0 Å². The van der Waals surface area contributed by atoms with Crippen LogP contribution in [0.25, 0.3) is 5.65 Å². The second-order valence-electron chi connectivity index (χ2n) is 6.00. The molecule has 0 bridgehead atoms. The van der Waals surface area contributed by atoms with E-state index in [0.29, 0.717) is 30.8 Å². The normalized spacial score (nSPS) is 16.0. The number of carbonyl (C=O) groups excluding carboxylic acids is 1. The zero-order valence-corrected chi connectivity index (χ0v) is 13.8. The summed E-state index contributed by atoms with van der Waals surface area (Å²) in [5, 5.41) is 7.07. The lowest BCUT2D eigenvalue weighted by Crippen LogP contribution is -2.34. The highest BCUT2D eigenvalue weighted by Crippen LogP contribution is 2.31. The van der Waals surface area contributed by atoms with Crippen LogP contribution >= 0.6 is 0 Å². The SMILES string of the molecule is Cc1cnc2c(C(=O)NCC[C@H]3COc4ccccc4O3)cnn2c1. The first kappa shape index (κ1) is 15.4. The van der Waals surface area contributed by atoms with Crippen LogP contribution in [0.4, 0.5) is 0 Å². The van der Waals surface area contributed by atoms with E-state index in [0.717, 1.165) is 17.1 Å². The molecule has 0 radical (unpaired) electrons. The van der Waals surface area contributed by atoms with E-state index in [1.807, 2.05) is 37.4 Å². The van der Waals surface area contributed by atoms with Crippen molar-refractivity contribution < 1.29 is 14.3 Å². The first-order chi connectivity index (χ1) is 12.2. The van der Waals surface area contributed by atoms with Gasteiger partial charge in [0.05, 0.1) is 6.20 Å². The zero-order chi connectivity index (χ0) is 17.2. The molecule has 1 N–H and O–H groups in total. The molecule has 0 spiro atoms. The van der Waals surface area contributed by atoms with Gasteiger partial charge in [-0.25, -0.2) is 9.50 Å². The highest BCUT2D eigenvalue weighted by atomic mass is 16.6. The van der Waals surface area contributed by atoms with Crippen molar-refractivity contribution in [3.05, 3.63) is 54.0 Å². The van der Waals surface area contributed by atoms with Gasteiger partial charge in [0.25, 0.3) is 5.91 Å². The first-order valence-electron chi connectivity index (χ1n) is 8.17. The number of carbonyl (C=O) groups is 1. The van der Waals surface area contributed by atoms with Crippen LogP contribution < -0.4 is 14.8 Å². The smallest absolute Gasteiger partial charge is 0.256 e. The number of para-hydroxylation sites is 2. The minimum absolute atomic E-state index is 0.0834. The highest BCUT2D eigenvalue weighted by Gasteiger charge is 2.21. The number of aryl methyl sites for hydroxylation is 1. The van der Waals surface area contributed by atoms with Gasteiger partial charge < -0.3 is 14.8 Å². The molecule has 1 aliphatic heterocycles. The molecule has 7 nitrogen and oxygen atoms in total. The molecule has 0 saturated heterocycles. The lowest BCUT2D eigenvalue weighted by atomic mass is 10.2. The van der Waals surface area contributed by atoms with E-state index in [4.69, 9.17) is 9.47 Å². The molecular formula is C18H18N4O3. The number of benzene rings is 1. The van der Waals surface area contributed by atoms with Crippen LogP contribution in [0.3, 0.4) is 0 Å². The fourth-order valence-electron chi connectivity index (χ4n) is 2.78. The van der Waals surface area contributed by atoms with E-state index in [9.17, 15) is 4.79 Å². The molecule has 4 rings (SSSR count). The largest absolute Gasteiger partial charge is 0.486 e. The number of amides is 1. The maximum Gasteiger partial charge on any atom is 0.256 e. The van der Waals surface area contributed by atoms with Crippen LogP contribution in [-0.2, 0) is 0 Å².